The molecule has 1 aliphatic carbocycles. The van der Waals surface area contributed by atoms with Crippen LogP contribution in [0.4, 0.5) is 0 Å². The van der Waals surface area contributed by atoms with Crippen LogP contribution >= 0.6 is 0 Å². The van der Waals surface area contributed by atoms with Crippen molar-refractivity contribution in [2.45, 2.75) is 38.5 Å². The molecule has 88 valence electrons. The topological polar surface area (TPSA) is 29.5 Å². The maximum absolute atomic E-state index is 9.87. The van der Waals surface area contributed by atoms with Crippen LogP contribution in [0.2, 0.25) is 0 Å². The van der Waals surface area contributed by atoms with Crippen molar-refractivity contribution < 1.29 is 9.84 Å². The largest absolute Gasteiger partial charge is 0.508 e. The number of phenolic OH excluding ortho intramolecular Hbond substituents is 1. The summed E-state index contributed by atoms with van der Waals surface area (Å²) in [5.41, 5.74) is 1.06. The van der Waals surface area contributed by atoms with Gasteiger partial charge in [0.05, 0.1) is 7.11 Å². The van der Waals surface area contributed by atoms with E-state index in [-0.39, 0.29) is 0 Å². The molecule has 0 amide bonds. The molecule has 0 saturated heterocycles. The highest BCUT2D eigenvalue weighted by Crippen LogP contribution is 2.31. The molecular formula is C14H20O2. The first kappa shape index (κ1) is 11.3. The summed E-state index contributed by atoms with van der Waals surface area (Å²) in [6.45, 7) is 0. The summed E-state index contributed by atoms with van der Waals surface area (Å²) < 4.78 is 5.08. The maximum Gasteiger partial charge on any atom is 0.122 e. The third-order valence-electron chi connectivity index (χ3n) is 3.53. The van der Waals surface area contributed by atoms with E-state index in [0.29, 0.717) is 5.75 Å². The van der Waals surface area contributed by atoms with E-state index in [0.717, 1.165) is 23.7 Å². The zero-order chi connectivity index (χ0) is 11.4. The predicted molar refractivity (Wildman–Crippen MR) is 64.9 cm³/mol. The Kier molecular flexibility index (Phi) is 3.70. The van der Waals surface area contributed by atoms with E-state index in [1.165, 1.54) is 32.1 Å². The number of hydrogen-bond donors (Lipinski definition) is 1. The second-order valence-corrected chi connectivity index (χ2v) is 4.70. The number of benzene rings is 1. The van der Waals surface area contributed by atoms with E-state index < -0.39 is 0 Å². The standard InChI is InChI=1S/C14H20O2/c1-16-13-8-7-12(14(15)10-13)9-11-5-3-2-4-6-11/h7-8,10-11,15H,2-6,9H2,1H3. The summed E-state index contributed by atoms with van der Waals surface area (Å²) in [6.07, 6.45) is 7.71. The highest BCUT2D eigenvalue weighted by molar-refractivity contribution is 5.39. The number of hydrogen-bond acceptors (Lipinski definition) is 2. The van der Waals surface area contributed by atoms with Crippen LogP contribution in [0.1, 0.15) is 37.7 Å². The Bertz CT molecular complexity index is 341. The molecule has 0 spiro atoms. The van der Waals surface area contributed by atoms with Crippen molar-refractivity contribution in [3.63, 3.8) is 0 Å². The average molecular weight is 220 g/mol. The molecule has 0 heterocycles. The molecule has 2 rings (SSSR count). The molecule has 0 aromatic heterocycles. The van der Waals surface area contributed by atoms with E-state index >= 15 is 0 Å². The van der Waals surface area contributed by atoms with Gasteiger partial charge in [-0.2, -0.15) is 0 Å². The van der Waals surface area contributed by atoms with Crippen LogP contribution in [0.15, 0.2) is 18.2 Å². The summed E-state index contributed by atoms with van der Waals surface area (Å²) in [6, 6.07) is 5.62. The van der Waals surface area contributed by atoms with Crippen molar-refractivity contribution >= 4 is 0 Å². The Morgan fingerprint density at radius 2 is 2.00 bits per heavy atom. The lowest BCUT2D eigenvalue weighted by molar-refractivity contribution is 0.350. The first-order chi connectivity index (χ1) is 7.79. The highest BCUT2D eigenvalue weighted by Gasteiger charge is 2.15. The zero-order valence-electron chi connectivity index (χ0n) is 9.91. The number of ether oxygens (including phenoxy) is 1. The van der Waals surface area contributed by atoms with Gasteiger partial charge in [-0.1, -0.05) is 38.2 Å². The Morgan fingerprint density at radius 1 is 1.25 bits per heavy atom. The quantitative estimate of drug-likeness (QED) is 0.844. The van der Waals surface area contributed by atoms with Gasteiger partial charge in [0.15, 0.2) is 0 Å². The van der Waals surface area contributed by atoms with E-state index in [2.05, 4.69) is 0 Å². The predicted octanol–water partition coefficient (Wildman–Crippen LogP) is 3.52. The van der Waals surface area contributed by atoms with Crippen LogP contribution in [0, 0.1) is 5.92 Å². The van der Waals surface area contributed by atoms with E-state index in [4.69, 9.17) is 4.74 Å². The molecule has 2 heteroatoms. The summed E-state index contributed by atoms with van der Waals surface area (Å²) in [5.74, 6) is 1.86. The molecule has 1 saturated carbocycles. The van der Waals surface area contributed by atoms with Gasteiger partial charge >= 0.3 is 0 Å². The highest BCUT2D eigenvalue weighted by atomic mass is 16.5. The minimum Gasteiger partial charge on any atom is -0.508 e. The molecular weight excluding hydrogens is 200 g/mol. The second kappa shape index (κ2) is 5.24. The van der Waals surface area contributed by atoms with Gasteiger partial charge in [-0.05, 0) is 24.0 Å². The normalized spacial score (nSPS) is 17.3. The summed E-state index contributed by atoms with van der Waals surface area (Å²) in [4.78, 5) is 0. The fourth-order valence-corrected chi connectivity index (χ4v) is 2.55. The fraction of sp³-hybridized carbons (Fsp3) is 0.571. The van der Waals surface area contributed by atoms with Gasteiger partial charge in [0.25, 0.3) is 0 Å². The van der Waals surface area contributed by atoms with E-state index in [1.54, 1.807) is 13.2 Å². The molecule has 1 aromatic carbocycles. The smallest absolute Gasteiger partial charge is 0.122 e. The zero-order valence-corrected chi connectivity index (χ0v) is 9.91. The summed E-state index contributed by atoms with van der Waals surface area (Å²) in [7, 11) is 1.62. The third-order valence-corrected chi connectivity index (χ3v) is 3.53. The molecule has 1 fully saturated rings. The van der Waals surface area contributed by atoms with E-state index in [9.17, 15) is 5.11 Å². The lowest BCUT2D eigenvalue weighted by Gasteiger charge is -2.21. The van der Waals surface area contributed by atoms with Crippen LogP contribution in [0.25, 0.3) is 0 Å². The molecule has 16 heavy (non-hydrogen) atoms. The van der Waals surface area contributed by atoms with Crippen LogP contribution in [-0.4, -0.2) is 12.2 Å². The average Bonchev–Trinajstić information content (AvgIpc) is 2.33. The lowest BCUT2D eigenvalue weighted by atomic mass is 9.85. The van der Waals surface area contributed by atoms with Gasteiger partial charge in [0.1, 0.15) is 11.5 Å². The fourth-order valence-electron chi connectivity index (χ4n) is 2.55. The number of rotatable bonds is 3. The molecule has 1 aliphatic rings. The molecule has 2 nitrogen and oxygen atoms in total. The number of aromatic hydroxyl groups is 1. The van der Waals surface area contributed by atoms with Gasteiger partial charge in [0.2, 0.25) is 0 Å². The van der Waals surface area contributed by atoms with Gasteiger partial charge in [-0.25, -0.2) is 0 Å². The first-order valence-corrected chi connectivity index (χ1v) is 6.15. The van der Waals surface area contributed by atoms with E-state index in [1.807, 2.05) is 12.1 Å². The lowest BCUT2D eigenvalue weighted by Crippen LogP contribution is -2.09. The van der Waals surface area contributed by atoms with Gasteiger partial charge in [-0.3, -0.25) is 0 Å². The van der Waals surface area contributed by atoms with Crippen molar-refractivity contribution in [1.29, 1.82) is 0 Å². The Morgan fingerprint density at radius 3 is 2.62 bits per heavy atom. The van der Waals surface area contributed by atoms with Crippen LogP contribution in [-0.2, 0) is 6.42 Å². The van der Waals surface area contributed by atoms with Crippen molar-refractivity contribution in [2.24, 2.45) is 5.92 Å². The first-order valence-electron chi connectivity index (χ1n) is 6.15. The molecule has 1 aromatic rings. The van der Waals surface area contributed by atoms with Gasteiger partial charge in [0, 0.05) is 6.07 Å². The maximum atomic E-state index is 9.87. The van der Waals surface area contributed by atoms with Crippen molar-refractivity contribution in [3.8, 4) is 11.5 Å². The SMILES string of the molecule is COc1ccc(CC2CCCCC2)c(O)c1. The van der Waals surface area contributed by atoms with Crippen molar-refractivity contribution in [3.05, 3.63) is 23.8 Å². The van der Waals surface area contributed by atoms with Crippen LogP contribution in [0.5, 0.6) is 11.5 Å². The minimum atomic E-state index is 0.380. The molecule has 0 aliphatic heterocycles. The number of phenols is 1. The Hall–Kier alpha value is -1.18. The molecule has 0 bridgehead atoms. The molecule has 0 atom stereocenters. The second-order valence-electron chi connectivity index (χ2n) is 4.70. The van der Waals surface area contributed by atoms with Gasteiger partial charge < -0.3 is 9.84 Å². The number of methoxy groups -OCH3 is 1. The van der Waals surface area contributed by atoms with Crippen molar-refractivity contribution in [1.82, 2.24) is 0 Å². The van der Waals surface area contributed by atoms with Crippen LogP contribution in [0.3, 0.4) is 0 Å². The molecule has 0 radical (unpaired) electrons. The Balaban J connectivity index is 2.03. The minimum absolute atomic E-state index is 0.380. The third kappa shape index (κ3) is 2.69. The summed E-state index contributed by atoms with van der Waals surface area (Å²) >= 11 is 0. The monoisotopic (exact) mass is 220 g/mol. The van der Waals surface area contributed by atoms with Crippen LogP contribution < -0.4 is 4.74 Å². The summed E-state index contributed by atoms with van der Waals surface area (Å²) in [5, 5.41) is 9.87. The molecule has 1 N–H and O–H groups in total. The molecule has 0 unspecified atom stereocenters. The van der Waals surface area contributed by atoms with Crippen molar-refractivity contribution in [2.75, 3.05) is 7.11 Å². The Labute approximate surface area is 97.3 Å². The van der Waals surface area contributed by atoms with Gasteiger partial charge in [-0.15, -0.1) is 0 Å².